The van der Waals surface area contributed by atoms with E-state index in [1.165, 1.54) is 24.4 Å². The average Bonchev–Trinajstić information content (AvgIpc) is 2.38. The molecule has 0 aliphatic heterocycles. The number of nitrogens with zero attached hydrogens (tertiary/aromatic N) is 2. The van der Waals surface area contributed by atoms with E-state index in [9.17, 15) is 13.2 Å². The number of benzene rings is 1. The molecule has 0 bridgehead atoms. The van der Waals surface area contributed by atoms with Crippen LogP contribution in [0.1, 0.15) is 11.1 Å². The van der Waals surface area contributed by atoms with E-state index in [2.05, 4.69) is 10.2 Å². The van der Waals surface area contributed by atoms with Gasteiger partial charge in [0.1, 0.15) is 11.6 Å². The van der Waals surface area contributed by atoms with Crippen LogP contribution < -0.4 is 10.5 Å². The molecule has 8 heteroatoms. The fourth-order valence-corrected chi connectivity index (χ4v) is 1.45. The van der Waals surface area contributed by atoms with Crippen LogP contribution in [-0.4, -0.2) is 16.0 Å². The van der Waals surface area contributed by atoms with Gasteiger partial charge in [0, 0.05) is 0 Å². The Labute approximate surface area is 111 Å². The lowest BCUT2D eigenvalue weighted by Gasteiger charge is -2.10. The summed E-state index contributed by atoms with van der Waals surface area (Å²) < 4.78 is 42.9. The Morgan fingerprint density at radius 3 is 2.65 bits per heavy atom. The number of halogens is 3. The lowest BCUT2D eigenvalue weighted by atomic mass is 10.2. The highest BCUT2D eigenvalue weighted by Gasteiger charge is 2.30. The van der Waals surface area contributed by atoms with Gasteiger partial charge < -0.3 is 10.5 Å². The smallest absolute Gasteiger partial charge is 0.416 e. The lowest BCUT2D eigenvalue weighted by molar-refractivity contribution is -0.137. The van der Waals surface area contributed by atoms with Crippen LogP contribution in [-0.2, 0) is 6.18 Å². The van der Waals surface area contributed by atoms with Gasteiger partial charge in [0.25, 0.3) is 0 Å². The number of nitrogens with one attached hydrogen (secondary N) is 1. The zero-order chi connectivity index (χ0) is 14.8. The van der Waals surface area contributed by atoms with Crippen LogP contribution in [0.4, 0.5) is 13.2 Å². The van der Waals surface area contributed by atoms with Crippen molar-refractivity contribution in [1.82, 2.24) is 10.2 Å². The van der Waals surface area contributed by atoms with E-state index >= 15 is 0 Å². The highest BCUT2D eigenvalue weighted by atomic mass is 19.4. The van der Waals surface area contributed by atoms with Gasteiger partial charge in [-0.05, 0) is 24.3 Å². The van der Waals surface area contributed by atoms with Crippen molar-refractivity contribution in [3.8, 4) is 11.6 Å². The topological polar surface area (TPSA) is 84.9 Å². The molecular weight excluding hydrogens is 273 g/mol. The second-order valence-corrected chi connectivity index (χ2v) is 3.79. The minimum Gasteiger partial charge on any atom is -0.437 e. The Bertz CT molecular complexity index is 643. The third-order valence-corrected chi connectivity index (χ3v) is 2.35. The first-order valence-corrected chi connectivity index (χ1v) is 5.39. The van der Waals surface area contributed by atoms with Gasteiger partial charge in [0.2, 0.25) is 5.88 Å². The Balaban J connectivity index is 2.34. The van der Waals surface area contributed by atoms with Crippen LogP contribution >= 0.6 is 0 Å². The van der Waals surface area contributed by atoms with Crippen molar-refractivity contribution in [3.05, 3.63) is 47.7 Å². The zero-order valence-electron chi connectivity index (χ0n) is 9.98. The molecule has 0 spiro atoms. The van der Waals surface area contributed by atoms with Gasteiger partial charge in [-0.3, -0.25) is 5.41 Å². The van der Waals surface area contributed by atoms with E-state index in [4.69, 9.17) is 15.9 Å². The van der Waals surface area contributed by atoms with Crippen LogP contribution in [0.5, 0.6) is 11.6 Å². The van der Waals surface area contributed by atoms with E-state index in [1.807, 2.05) is 0 Å². The van der Waals surface area contributed by atoms with Gasteiger partial charge in [-0.25, -0.2) is 0 Å². The van der Waals surface area contributed by atoms with Gasteiger partial charge in [0.05, 0.1) is 17.3 Å². The summed E-state index contributed by atoms with van der Waals surface area (Å²) in [7, 11) is 0. The first kappa shape index (κ1) is 13.8. The maximum atomic E-state index is 12.6. The molecule has 1 aromatic heterocycles. The van der Waals surface area contributed by atoms with Gasteiger partial charge in [0.15, 0.2) is 0 Å². The summed E-state index contributed by atoms with van der Waals surface area (Å²) in [6, 6.07) is 5.70. The highest BCUT2D eigenvalue weighted by molar-refractivity contribution is 5.96. The molecule has 1 aromatic carbocycles. The molecule has 0 aliphatic carbocycles. The number of rotatable bonds is 3. The van der Waals surface area contributed by atoms with E-state index in [1.54, 1.807) is 0 Å². The Kier molecular flexibility index (Phi) is 3.55. The molecule has 20 heavy (non-hydrogen) atoms. The molecule has 0 unspecified atom stereocenters. The van der Waals surface area contributed by atoms with E-state index in [0.717, 1.165) is 12.1 Å². The van der Waals surface area contributed by atoms with Crippen LogP contribution in [0.25, 0.3) is 0 Å². The predicted octanol–water partition coefficient (Wildman–Crippen LogP) is 2.57. The van der Waals surface area contributed by atoms with Crippen LogP contribution in [0.15, 0.2) is 36.5 Å². The summed E-state index contributed by atoms with van der Waals surface area (Å²) in [6.45, 7) is 0. The molecule has 0 radical (unpaired) electrons. The number of aromatic nitrogens is 2. The molecule has 0 fully saturated rings. The van der Waals surface area contributed by atoms with Gasteiger partial charge in [-0.15, -0.1) is 5.10 Å². The molecule has 3 N–H and O–H groups in total. The molecular formula is C12H9F3N4O. The summed E-state index contributed by atoms with van der Waals surface area (Å²) in [4.78, 5) is 0. The number of hydrogen-bond acceptors (Lipinski definition) is 4. The second kappa shape index (κ2) is 5.16. The number of alkyl halides is 3. The first-order chi connectivity index (χ1) is 9.38. The summed E-state index contributed by atoms with van der Waals surface area (Å²) >= 11 is 0. The minimum atomic E-state index is -4.47. The van der Waals surface area contributed by atoms with E-state index in [-0.39, 0.29) is 23.0 Å². The fraction of sp³-hybridized carbons (Fsp3) is 0.0833. The molecule has 0 amide bonds. The van der Waals surface area contributed by atoms with Crippen molar-refractivity contribution < 1.29 is 17.9 Å². The third kappa shape index (κ3) is 3.02. The van der Waals surface area contributed by atoms with Crippen molar-refractivity contribution in [3.63, 3.8) is 0 Å². The Morgan fingerprint density at radius 2 is 2.00 bits per heavy atom. The van der Waals surface area contributed by atoms with E-state index < -0.39 is 11.7 Å². The maximum Gasteiger partial charge on any atom is 0.416 e. The molecule has 0 saturated carbocycles. The van der Waals surface area contributed by atoms with Crippen LogP contribution in [0, 0.1) is 5.41 Å². The van der Waals surface area contributed by atoms with E-state index in [0.29, 0.717) is 0 Å². The molecule has 0 aliphatic rings. The van der Waals surface area contributed by atoms with Crippen molar-refractivity contribution in [2.75, 3.05) is 0 Å². The van der Waals surface area contributed by atoms with Crippen molar-refractivity contribution in [1.29, 1.82) is 5.41 Å². The number of ether oxygens (including phenoxy) is 1. The molecule has 2 aromatic rings. The third-order valence-electron chi connectivity index (χ3n) is 2.35. The molecule has 0 atom stereocenters. The largest absolute Gasteiger partial charge is 0.437 e. The molecule has 104 valence electrons. The molecule has 2 rings (SSSR count). The van der Waals surface area contributed by atoms with Gasteiger partial charge >= 0.3 is 6.18 Å². The molecule has 1 heterocycles. The number of nitrogens with two attached hydrogens (primary N) is 1. The van der Waals surface area contributed by atoms with Crippen LogP contribution in [0.3, 0.4) is 0 Å². The normalized spacial score (nSPS) is 11.2. The van der Waals surface area contributed by atoms with Crippen LogP contribution in [0.2, 0.25) is 0 Å². The summed E-state index contributed by atoms with van der Waals surface area (Å²) in [6.07, 6.45) is -3.17. The minimum absolute atomic E-state index is 0.0668. The zero-order valence-corrected chi connectivity index (χ0v) is 9.98. The molecule has 5 nitrogen and oxygen atoms in total. The lowest BCUT2D eigenvalue weighted by Crippen LogP contribution is -2.13. The predicted molar refractivity (Wildman–Crippen MR) is 64.6 cm³/mol. The number of hydrogen-bond donors (Lipinski definition) is 2. The molecule has 0 saturated heterocycles. The maximum absolute atomic E-state index is 12.6. The van der Waals surface area contributed by atoms with Crippen molar-refractivity contribution >= 4 is 5.84 Å². The second-order valence-electron chi connectivity index (χ2n) is 3.79. The monoisotopic (exact) mass is 282 g/mol. The Morgan fingerprint density at radius 1 is 1.25 bits per heavy atom. The fourth-order valence-electron chi connectivity index (χ4n) is 1.45. The first-order valence-electron chi connectivity index (χ1n) is 5.39. The van der Waals surface area contributed by atoms with Crippen molar-refractivity contribution in [2.24, 2.45) is 5.73 Å². The summed E-state index contributed by atoms with van der Waals surface area (Å²) in [5.41, 5.74) is 4.63. The Hall–Kier alpha value is -2.64. The van der Waals surface area contributed by atoms with Gasteiger partial charge in [-0.2, -0.15) is 18.3 Å². The summed E-state index contributed by atoms with van der Waals surface area (Å²) in [5.74, 6) is -0.510. The summed E-state index contributed by atoms with van der Waals surface area (Å²) in [5, 5.41) is 14.5. The SMILES string of the molecule is N=C(N)c1ccnnc1Oc1cccc(C(F)(F)F)c1. The number of nitrogen functional groups attached to an aromatic ring is 1. The standard InChI is InChI=1S/C12H9F3N4O/c13-12(14,15)7-2-1-3-8(6-7)20-11-9(10(16)17)4-5-18-19-11/h1-6H,(H3,16,17). The average molecular weight is 282 g/mol. The number of amidine groups is 1. The van der Waals surface area contributed by atoms with Gasteiger partial charge in [-0.1, -0.05) is 6.07 Å². The quantitative estimate of drug-likeness (QED) is 0.669. The van der Waals surface area contributed by atoms with Crippen molar-refractivity contribution in [2.45, 2.75) is 6.18 Å². The highest BCUT2D eigenvalue weighted by Crippen LogP contribution is 2.32.